The summed E-state index contributed by atoms with van der Waals surface area (Å²) in [4.78, 5) is 184. The highest BCUT2D eigenvalue weighted by Gasteiger charge is 2.10. The molecule has 0 rings (SSSR count). The summed E-state index contributed by atoms with van der Waals surface area (Å²) >= 11 is 3.08. The highest BCUT2D eigenvalue weighted by Crippen LogP contribution is 1.98. The maximum Gasteiger partial charge on any atom is 0.344 e. The van der Waals surface area contributed by atoms with Crippen molar-refractivity contribution < 1.29 is 167 Å². The number of ether oxygens (including phenoxy) is 17. The number of esters is 15. The Morgan fingerprint density at radius 3 is 0.918 bits per heavy atom. The minimum Gasteiger partial charge on any atom is -0.466 e. The van der Waals surface area contributed by atoms with Crippen LogP contribution in [0.5, 0.6) is 0 Å². The van der Waals surface area contributed by atoms with Gasteiger partial charge >= 0.3 is 89.5 Å². The van der Waals surface area contributed by atoms with Gasteiger partial charge in [-0.1, -0.05) is 27.7 Å². The van der Waals surface area contributed by atoms with Crippen LogP contribution in [-0.2, 0) is 167 Å². The first-order valence-corrected chi connectivity index (χ1v) is 31.5. The summed E-state index contributed by atoms with van der Waals surface area (Å²) in [6, 6.07) is 0. The number of carbonyl (C=O) groups is 18. The number of carbonyl (C=O) groups excluding carboxylic acids is 18. The molecule has 0 fully saturated rings. The molecule has 97 heavy (non-hydrogen) atoms. The molecule has 0 N–H and O–H groups in total. The molecule has 0 saturated carbocycles. The van der Waals surface area contributed by atoms with Crippen LogP contribution in [-0.4, -0.2) is 225 Å². The van der Waals surface area contributed by atoms with E-state index in [9.17, 15) is 86.3 Å². The highest BCUT2D eigenvalue weighted by atomic mass is 32.2. The standard InChI is InChI=1S/2C7H12O4.C7H12O3.C6H10O3.2C5H8O4.C5H8O3.C5H10O3.C5H10O2S.C4H8O3.C4H8O2S/c1-3-10-6(8)5-7(9)11-4-2;1-3-6(8)11-5-7(9)10-4-2;1-3-6(8)5-7(9)10-4-2;1-3-6(8)4-9-5(2)7;1-4(6)9-3-5(7)8-2;1-4(6)8-3-9-5(2)7;1-4(6)3-8-5(2)7;1-3-7-4-8-5(2)6;1-3-8-4-7-5(2)6;1-4(5)7-3-6-2;1-4(5)6-3-7-2/h2*3-5H2,1-2H3;3-5H2,1-2H3;3-4H2,1-2H3;2*3H2,1-2H3;3H2,1-2H3;2*3-4H2,1-2H3;2*3H2,1-2H3. The summed E-state index contributed by atoms with van der Waals surface area (Å²) in [7, 11) is 2.69. The van der Waals surface area contributed by atoms with Gasteiger partial charge in [0.15, 0.2) is 38.4 Å². The SMILES string of the molecule is CC(=O)COC(C)=O.CC(=O)OCOC(C)=O.CCC(=O)COC(C)=O.CCOC(=O)CC(=O)CC.CCOC(=O)CC(=O)OCC.CCOC(=O)COC(=O)CC.CCOCOC(C)=O.CCSCOC(C)=O.COC(=O)COC(C)=O.COCOC(C)=O.CSCOC(C)=O. The molecule has 0 unspecified atom stereocenters. The van der Waals surface area contributed by atoms with E-state index in [0.29, 0.717) is 44.5 Å². The fraction of sp³-hybridized carbons (Fsp3) is 0.700. The van der Waals surface area contributed by atoms with E-state index >= 15 is 0 Å². The van der Waals surface area contributed by atoms with Crippen LogP contribution in [0.15, 0.2) is 0 Å². The van der Waals surface area contributed by atoms with Gasteiger partial charge in [0.1, 0.15) is 43.7 Å². The van der Waals surface area contributed by atoms with Crippen LogP contribution in [0.3, 0.4) is 0 Å². The van der Waals surface area contributed by atoms with Gasteiger partial charge in [-0.3, -0.25) is 76.7 Å². The molecule has 0 aliphatic heterocycles. The molecule has 0 saturated heterocycles. The van der Waals surface area contributed by atoms with Crippen LogP contribution in [0, 0.1) is 0 Å². The largest absolute Gasteiger partial charge is 0.466 e. The maximum absolute atomic E-state index is 10.6. The van der Waals surface area contributed by atoms with Crippen molar-refractivity contribution >= 4 is 130 Å². The molecule has 0 bridgehead atoms. The van der Waals surface area contributed by atoms with Crippen molar-refractivity contribution in [2.75, 3.05) is 118 Å². The Morgan fingerprint density at radius 1 is 0.289 bits per heavy atom. The van der Waals surface area contributed by atoms with E-state index in [0.717, 1.165) is 5.75 Å². The number of hydrogen-bond acceptors (Lipinski definition) is 37. The monoisotopic (exact) mass is 1450 g/mol. The summed E-state index contributed by atoms with van der Waals surface area (Å²) in [5, 5.41) is 0. The average molecular weight is 1450 g/mol. The van der Waals surface area contributed by atoms with Crippen molar-refractivity contribution in [3.8, 4) is 0 Å². The number of methoxy groups -OCH3 is 2. The lowest BCUT2D eigenvalue weighted by molar-refractivity contribution is -0.164. The lowest BCUT2D eigenvalue weighted by Gasteiger charge is -2.01. The third-order valence-electron chi connectivity index (χ3n) is 7.20. The van der Waals surface area contributed by atoms with Gasteiger partial charge in [0.05, 0.1) is 33.5 Å². The minimum atomic E-state index is -0.551. The zero-order valence-electron chi connectivity index (χ0n) is 60.2. The zero-order valence-corrected chi connectivity index (χ0v) is 61.9. The van der Waals surface area contributed by atoms with Gasteiger partial charge in [-0.05, 0) is 53.6 Å². The molecule has 37 heteroatoms. The third kappa shape index (κ3) is 159. The molecule has 0 heterocycles. The smallest absolute Gasteiger partial charge is 0.344 e. The Balaban J connectivity index is -0.0000000935. The quantitative estimate of drug-likeness (QED) is 0.0282. The average Bonchev–Trinajstić information content (AvgIpc) is 3.67. The van der Waals surface area contributed by atoms with Crippen LogP contribution < -0.4 is 0 Å². The summed E-state index contributed by atoms with van der Waals surface area (Å²) < 4.78 is 75.3. The Morgan fingerprint density at radius 2 is 0.629 bits per heavy atom. The lowest BCUT2D eigenvalue weighted by Crippen LogP contribution is -2.15. The van der Waals surface area contributed by atoms with Crippen molar-refractivity contribution in [2.24, 2.45) is 0 Å². The minimum absolute atomic E-state index is 0.0507. The number of Topliss-reactive ketones (excluding diaryl/α,β-unsaturated/α-hetero) is 3. The van der Waals surface area contributed by atoms with Gasteiger partial charge in [-0.2, -0.15) is 0 Å². The van der Waals surface area contributed by atoms with Crippen molar-refractivity contribution in [2.45, 2.75) is 164 Å². The third-order valence-corrected chi connectivity index (χ3v) is 8.25. The van der Waals surface area contributed by atoms with E-state index < -0.39 is 65.7 Å². The predicted octanol–water partition coefficient (Wildman–Crippen LogP) is 5.21. The van der Waals surface area contributed by atoms with Gasteiger partial charge in [-0.25, -0.2) is 9.59 Å². The molecule has 0 aliphatic rings. The second-order valence-electron chi connectivity index (χ2n) is 16.0. The topological polar surface area (TPSA) is 464 Å². The molecule has 0 spiro atoms. The molecular formula is C60H106O35S2. The molecule has 0 radical (unpaired) electrons. The molecule has 0 amide bonds. The first-order chi connectivity index (χ1) is 45.3. The number of hydrogen-bond donors (Lipinski definition) is 0. The van der Waals surface area contributed by atoms with Crippen molar-refractivity contribution in [3.05, 3.63) is 0 Å². The molecule has 568 valence electrons. The van der Waals surface area contributed by atoms with Gasteiger partial charge < -0.3 is 80.5 Å². The van der Waals surface area contributed by atoms with E-state index in [1.165, 1.54) is 95.2 Å². The normalized spacial score (nSPS) is 8.60. The molecule has 0 aromatic carbocycles. The molecule has 0 aromatic rings. The Hall–Kier alpha value is -8.32. The fourth-order valence-corrected chi connectivity index (χ4v) is 3.79. The van der Waals surface area contributed by atoms with Crippen LogP contribution in [0.2, 0.25) is 0 Å². The summed E-state index contributed by atoms with van der Waals surface area (Å²) in [5.41, 5.74) is 0. The van der Waals surface area contributed by atoms with Crippen molar-refractivity contribution in [1.29, 1.82) is 0 Å². The summed E-state index contributed by atoms with van der Waals surface area (Å²) in [5.74, 6) is -4.52. The molecule has 0 aliphatic carbocycles. The molecule has 0 aromatic heterocycles. The van der Waals surface area contributed by atoms with E-state index in [1.807, 2.05) is 20.1 Å². The van der Waals surface area contributed by atoms with Crippen molar-refractivity contribution in [3.63, 3.8) is 0 Å². The van der Waals surface area contributed by atoms with E-state index in [1.54, 1.807) is 60.2 Å². The predicted molar refractivity (Wildman–Crippen MR) is 345 cm³/mol. The number of thioether (sulfide) groups is 2. The van der Waals surface area contributed by atoms with Crippen LogP contribution in [0.25, 0.3) is 0 Å². The first-order valence-electron chi connectivity index (χ1n) is 29.0. The Bertz CT molecular complexity index is 2040. The molecule has 0 atom stereocenters. The Kier molecular flexibility index (Phi) is 107. The van der Waals surface area contributed by atoms with Gasteiger partial charge in [0.25, 0.3) is 0 Å². The van der Waals surface area contributed by atoms with Gasteiger partial charge in [0, 0.05) is 95.3 Å². The van der Waals surface area contributed by atoms with Crippen LogP contribution in [0.4, 0.5) is 0 Å². The fourth-order valence-electron chi connectivity index (χ4n) is 3.09. The van der Waals surface area contributed by atoms with E-state index in [4.69, 9.17) is 4.74 Å². The van der Waals surface area contributed by atoms with Crippen LogP contribution >= 0.6 is 23.5 Å². The summed E-state index contributed by atoms with van der Waals surface area (Å²) in [6.07, 6.45) is 2.61. The number of ketones is 3. The van der Waals surface area contributed by atoms with E-state index in [2.05, 4.69) is 75.8 Å². The second kappa shape index (κ2) is 91.9. The Labute approximate surface area is 576 Å². The van der Waals surface area contributed by atoms with E-state index in [-0.39, 0.29) is 121 Å². The highest BCUT2D eigenvalue weighted by molar-refractivity contribution is 7.99. The first kappa shape index (κ1) is 113. The van der Waals surface area contributed by atoms with Crippen molar-refractivity contribution in [1.82, 2.24) is 0 Å². The number of rotatable bonds is 31. The van der Waals surface area contributed by atoms with Crippen LogP contribution in [0.1, 0.15) is 164 Å². The lowest BCUT2D eigenvalue weighted by atomic mass is 10.2. The molecular weight excluding hydrogens is 1340 g/mol. The maximum atomic E-state index is 10.6. The zero-order chi connectivity index (χ0) is 78.0. The summed E-state index contributed by atoms with van der Waals surface area (Å²) in [6.45, 7) is 29.7. The van der Waals surface area contributed by atoms with Gasteiger partial charge in [-0.15, -0.1) is 23.5 Å². The molecule has 35 nitrogen and oxygen atoms in total. The van der Waals surface area contributed by atoms with Gasteiger partial charge in [0.2, 0.25) is 6.79 Å². The second-order valence-corrected chi connectivity index (χ2v) is 18.0.